The standard InChI is InChI=1S/C36H43BrN2O4/c1-8-13-39-26-16-35(4,5)18-28(40)33(26)32(34-27(39)17-36(6,7)19-29(34)41)24-15-23(37)10-12-30(24)43-20-31(42)38-25-11-9-21(2)14-22(25)3/h9-12,14-15,32H,8,13,16-20H2,1-7H3,(H,38,42). The molecule has 1 amide bonds. The van der Waals surface area contributed by atoms with E-state index in [-0.39, 0.29) is 34.9 Å². The van der Waals surface area contributed by atoms with Crippen molar-refractivity contribution in [3.63, 3.8) is 0 Å². The fourth-order valence-electron chi connectivity index (χ4n) is 7.01. The van der Waals surface area contributed by atoms with Gasteiger partial charge in [0.1, 0.15) is 5.75 Å². The van der Waals surface area contributed by atoms with Crippen LogP contribution < -0.4 is 10.1 Å². The maximum absolute atomic E-state index is 14.1. The number of Topliss-reactive ketones (excluding diaryl/α,β-unsaturated/α-hetero) is 2. The highest BCUT2D eigenvalue weighted by Gasteiger charge is 2.49. The van der Waals surface area contributed by atoms with Gasteiger partial charge in [-0.05, 0) is 73.8 Å². The van der Waals surface area contributed by atoms with Gasteiger partial charge < -0.3 is 15.0 Å². The molecule has 5 rings (SSSR count). The van der Waals surface area contributed by atoms with Gasteiger partial charge in [-0.15, -0.1) is 0 Å². The first-order valence-corrected chi connectivity index (χ1v) is 16.1. The summed E-state index contributed by atoms with van der Waals surface area (Å²) >= 11 is 3.63. The van der Waals surface area contributed by atoms with Crippen molar-refractivity contribution in [3.05, 3.63) is 80.1 Å². The second kappa shape index (κ2) is 11.7. The van der Waals surface area contributed by atoms with Crippen LogP contribution in [0.15, 0.2) is 63.4 Å². The number of allylic oxidation sites excluding steroid dienone is 4. The van der Waals surface area contributed by atoms with Crippen molar-refractivity contribution in [3.8, 4) is 5.75 Å². The minimum Gasteiger partial charge on any atom is -0.483 e. The molecule has 2 aromatic carbocycles. The number of ether oxygens (including phenoxy) is 1. The van der Waals surface area contributed by atoms with E-state index in [0.717, 1.165) is 64.1 Å². The fraction of sp³-hybridized carbons (Fsp3) is 0.472. The number of hydrogen-bond donors (Lipinski definition) is 1. The van der Waals surface area contributed by atoms with Gasteiger partial charge in [-0.25, -0.2) is 0 Å². The molecule has 0 saturated heterocycles. The molecule has 0 aromatic heterocycles. The summed E-state index contributed by atoms with van der Waals surface area (Å²) in [4.78, 5) is 43.5. The second-order valence-corrected chi connectivity index (χ2v) is 14.9. The van der Waals surface area contributed by atoms with Crippen molar-refractivity contribution in [2.24, 2.45) is 10.8 Å². The minimum absolute atomic E-state index is 0.0834. The smallest absolute Gasteiger partial charge is 0.262 e. The maximum atomic E-state index is 14.1. The quantitative estimate of drug-likeness (QED) is 0.328. The van der Waals surface area contributed by atoms with E-state index in [4.69, 9.17) is 4.74 Å². The molecule has 0 atom stereocenters. The number of ketones is 2. The molecule has 0 unspecified atom stereocenters. The van der Waals surface area contributed by atoms with Gasteiger partial charge in [-0.3, -0.25) is 14.4 Å². The molecule has 0 bridgehead atoms. The van der Waals surface area contributed by atoms with Crippen LogP contribution in [0.1, 0.15) is 89.3 Å². The third-order valence-corrected chi connectivity index (χ3v) is 9.26. The number of carbonyl (C=O) groups excluding carboxylic acids is 3. The van der Waals surface area contributed by atoms with Crippen molar-refractivity contribution in [1.82, 2.24) is 4.90 Å². The van der Waals surface area contributed by atoms with E-state index >= 15 is 0 Å². The number of benzene rings is 2. The maximum Gasteiger partial charge on any atom is 0.262 e. The Morgan fingerprint density at radius 1 is 0.930 bits per heavy atom. The molecule has 228 valence electrons. The topological polar surface area (TPSA) is 75.7 Å². The van der Waals surface area contributed by atoms with Gasteiger partial charge in [-0.2, -0.15) is 0 Å². The zero-order valence-corrected chi connectivity index (χ0v) is 28.0. The summed E-state index contributed by atoms with van der Waals surface area (Å²) in [5, 5.41) is 2.95. The summed E-state index contributed by atoms with van der Waals surface area (Å²) in [5.74, 6) is -0.147. The van der Waals surface area contributed by atoms with E-state index in [2.05, 4.69) is 60.8 Å². The summed E-state index contributed by atoms with van der Waals surface area (Å²) in [6.07, 6.45) is 3.28. The molecule has 2 aromatic rings. The number of nitrogens with one attached hydrogen (secondary N) is 1. The first kappa shape index (κ1) is 31.2. The highest BCUT2D eigenvalue weighted by molar-refractivity contribution is 9.10. The van der Waals surface area contributed by atoms with E-state index in [9.17, 15) is 14.4 Å². The van der Waals surface area contributed by atoms with Crippen molar-refractivity contribution in [2.45, 2.75) is 86.5 Å². The Balaban J connectivity index is 1.59. The van der Waals surface area contributed by atoms with Crippen LogP contribution in [0.5, 0.6) is 5.75 Å². The lowest BCUT2D eigenvalue weighted by atomic mass is 9.63. The molecule has 43 heavy (non-hydrogen) atoms. The lowest BCUT2D eigenvalue weighted by Crippen LogP contribution is -2.44. The van der Waals surface area contributed by atoms with E-state index < -0.39 is 5.92 Å². The predicted molar refractivity (Wildman–Crippen MR) is 174 cm³/mol. The number of anilines is 1. The number of carbonyl (C=O) groups is 3. The van der Waals surface area contributed by atoms with E-state index in [0.29, 0.717) is 29.7 Å². The Morgan fingerprint density at radius 3 is 2.09 bits per heavy atom. The largest absolute Gasteiger partial charge is 0.483 e. The molecular formula is C36H43BrN2O4. The molecule has 2 aliphatic carbocycles. The molecule has 0 saturated carbocycles. The molecule has 1 heterocycles. The van der Waals surface area contributed by atoms with Crippen molar-refractivity contribution in [1.29, 1.82) is 0 Å². The van der Waals surface area contributed by atoms with Crippen LogP contribution in [0.25, 0.3) is 0 Å². The number of halogens is 1. The first-order chi connectivity index (χ1) is 20.2. The first-order valence-electron chi connectivity index (χ1n) is 15.3. The molecule has 6 nitrogen and oxygen atoms in total. The van der Waals surface area contributed by atoms with Gasteiger partial charge in [0.2, 0.25) is 0 Å². The Kier molecular flexibility index (Phi) is 8.51. The van der Waals surface area contributed by atoms with Crippen molar-refractivity contribution >= 4 is 39.1 Å². The minimum atomic E-state index is -0.541. The van der Waals surface area contributed by atoms with E-state index in [1.54, 1.807) is 0 Å². The van der Waals surface area contributed by atoms with Crippen LogP contribution in [0.3, 0.4) is 0 Å². The summed E-state index contributed by atoms with van der Waals surface area (Å²) in [6.45, 7) is 15.3. The molecule has 3 aliphatic rings. The molecule has 0 radical (unpaired) electrons. The normalized spacial score (nSPS) is 19.8. The average Bonchev–Trinajstić information content (AvgIpc) is 2.89. The number of rotatable bonds is 7. The van der Waals surface area contributed by atoms with Gasteiger partial charge in [-0.1, -0.05) is 68.2 Å². The van der Waals surface area contributed by atoms with E-state index in [1.165, 1.54) is 0 Å². The monoisotopic (exact) mass is 646 g/mol. The summed E-state index contributed by atoms with van der Waals surface area (Å²) in [5.41, 5.74) is 6.73. The molecule has 1 aliphatic heterocycles. The van der Waals surface area contributed by atoms with Gasteiger partial charge in [0.05, 0.1) is 0 Å². The lowest BCUT2D eigenvalue weighted by Gasteiger charge is -2.49. The average molecular weight is 648 g/mol. The molecule has 7 heteroatoms. The van der Waals surface area contributed by atoms with Crippen LogP contribution in [0, 0.1) is 24.7 Å². The number of nitrogens with zero attached hydrogens (tertiary/aromatic N) is 1. The fourth-order valence-corrected chi connectivity index (χ4v) is 7.39. The van der Waals surface area contributed by atoms with Gasteiger partial charge in [0, 0.05) is 63.6 Å². The Bertz CT molecular complexity index is 1510. The number of aryl methyl sites for hydroxylation is 2. The van der Waals surface area contributed by atoms with Crippen LogP contribution in [0.4, 0.5) is 5.69 Å². The van der Waals surface area contributed by atoms with Crippen LogP contribution >= 0.6 is 15.9 Å². The third-order valence-electron chi connectivity index (χ3n) is 8.77. The van der Waals surface area contributed by atoms with Crippen LogP contribution in [-0.2, 0) is 14.4 Å². The van der Waals surface area contributed by atoms with Gasteiger partial charge >= 0.3 is 0 Å². The van der Waals surface area contributed by atoms with E-state index in [1.807, 2.05) is 50.2 Å². The number of amides is 1. The summed E-state index contributed by atoms with van der Waals surface area (Å²) in [7, 11) is 0. The Hall–Kier alpha value is -3.19. The zero-order valence-electron chi connectivity index (χ0n) is 26.4. The van der Waals surface area contributed by atoms with Gasteiger partial charge in [0.15, 0.2) is 18.2 Å². The molecule has 1 N–H and O–H groups in total. The highest BCUT2D eigenvalue weighted by Crippen LogP contribution is 2.55. The summed E-state index contributed by atoms with van der Waals surface area (Å²) < 4.78 is 7.04. The molecule has 0 fully saturated rings. The predicted octanol–water partition coefficient (Wildman–Crippen LogP) is 8.18. The Labute approximate surface area is 264 Å². The van der Waals surface area contributed by atoms with Crippen molar-refractivity contribution < 1.29 is 19.1 Å². The second-order valence-electron chi connectivity index (χ2n) is 14.0. The SMILES string of the molecule is CCCN1C2=C(C(=O)CC(C)(C)C2)C(c2cc(Br)ccc2OCC(=O)Nc2ccc(C)cc2C)C2=C1CC(C)(C)CC2=O. The Morgan fingerprint density at radius 2 is 1.53 bits per heavy atom. The van der Waals surface area contributed by atoms with Gasteiger partial charge in [0.25, 0.3) is 5.91 Å². The zero-order chi connectivity index (χ0) is 31.3. The molecular weight excluding hydrogens is 604 g/mol. The van der Waals surface area contributed by atoms with Crippen LogP contribution in [-0.4, -0.2) is 35.5 Å². The van der Waals surface area contributed by atoms with Crippen molar-refractivity contribution in [2.75, 3.05) is 18.5 Å². The van der Waals surface area contributed by atoms with Crippen LogP contribution in [0.2, 0.25) is 0 Å². The number of hydrogen-bond acceptors (Lipinski definition) is 5. The summed E-state index contributed by atoms with van der Waals surface area (Å²) in [6, 6.07) is 11.5. The lowest BCUT2D eigenvalue weighted by molar-refractivity contribution is -0.120. The third kappa shape index (κ3) is 6.38. The molecule has 0 spiro atoms. The highest BCUT2D eigenvalue weighted by atomic mass is 79.9.